The summed E-state index contributed by atoms with van der Waals surface area (Å²) in [4.78, 5) is 32.4. The van der Waals surface area contributed by atoms with E-state index in [0.29, 0.717) is 0 Å². The van der Waals surface area contributed by atoms with Crippen molar-refractivity contribution in [1.82, 2.24) is 5.32 Å². The highest BCUT2D eigenvalue weighted by atomic mass is 19.1. The smallest absolute Gasteiger partial charge is 0.338 e. The summed E-state index contributed by atoms with van der Waals surface area (Å²) in [6.07, 6.45) is 0. The van der Waals surface area contributed by atoms with Crippen molar-refractivity contribution in [2.75, 3.05) is 11.9 Å². The van der Waals surface area contributed by atoms with Gasteiger partial charge in [-0.2, -0.15) is 0 Å². The lowest BCUT2D eigenvalue weighted by Crippen LogP contribution is -2.31. The molecule has 0 aliphatic carbocycles. The summed E-state index contributed by atoms with van der Waals surface area (Å²) in [6, 6.07) is 3.21. The van der Waals surface area contributed by atoms with Crippen LogP contribution in [0.2, 0.25) is 0 Å². The molecule has 96 valence electrons. The van der Waals surface area contributed by atoms with Crippen molar-refractivity contribution in [1.29, 1.82) is 0 Å². The SMILES string of the molecule is CC(=O)NCC(=O)Nc1ccc(C(=O)O)c(F)c1. The van der Waals surface area contributed by atoms with Gasteiger partial charge in [0.25, 0.3) is 0 Å². The lowest BCUT2D eigenvalue weighted by molar-refractivity contribution is -0.122. The highest BCUT2D eigenvalue weighted by Gasteiger charge is 2.11. The molecule has 0 bridgehead atoms. The molecule has 0 saturated carbocycles. The van der Waals surface area contributed by atoms with E-state index in [1.54, 1.807) is 0 Å². The lowest BCUT2D eigenvalue weighted by Gasteiger charge is -2.06. The first kappa shape index (κ1) is 13.6. The van der Waals surface area contributed by atoms with Gasteiger partial charge in [-0.1, -0.05) is 0 Å². The number of benzene rings is 1. The van der Waals surface area contributed by atoms with Gasteiger partial charge in [0, 0.05) is 12.6 Å². The van der Waals surface area contributed by atoms with Crippen LogP contribution in [0.5, 0.6) is 0 Å². The van der Waals surface area contributed by atoms with Crippen LogP contribution in [0.4, 0.5) is 10.1 Å². The normalized spacial score (nSPS) is 9.67. The van der Waals surface area contributed by atoms with Crippen molar-refractivity contribution in [3.05, 3.63) is 29.6 Å². The summed E-state index contributed by atoms with van der Waals surface area (Å²) in [6.45, 7) is 1.02. The first-order valence-corrected chi connectivity index (χ1v) is 4.97. The molecule has 0 atom stereocenters. The molecule has 3 N–H and O–H groups in total. The molecule has 2 amide bonds. The second-order valence-electron chi connectivity index (χ2n) is 3.46. The maximum Gasteiger partial charge on any atom is 0.338 e. The average molecular weight is 254 g/mol. The largest absolute Gasteiger partial charge is 0.478 e. The molecule has 0 fully saturated rings. The lowest BCUT2D eigenvalue weighted by atomic mass is 10.2. The molecule has 18 heavy (non-hydrogen) atoms. The maximum atomic E-state index is 13.3. The van der Waals surface area contributed by atoms with Gasteiger partial charge in [-0.25, -0.2) is 9.18 Å². The fourth-order valence-corrected chi connectivity index (χ4v) is 1.18. The number of amides is 2. The standard InChI is InChI=1S/C11H11FN2O4/c1-6(15)13-5-10(16)14-7-2-3-8(11(17)18)9(12)4-7/h2-4H,5H2,1H3,(H,13,15)(H,14,16)(H,17,18). The van der Waals surface area contributed by atoms with E-state index in [1.807, 2.05) is 0 Å². The van der Waals surface area contributed by atoms with Gasteiger partial charge in [0.05, 0.1) is 12.1 Å². The zero-order valence-corrected chi connectivity index (χ0v) is 9.49. The Bertz CT molecular complexity index is 502. The highest BCUT2D eigenvalue weighted by molar-refractivity contribution is 5.95. The van der Waals surface area contributed by atoms with Crippen LogP contribution in [0.25, 0.3) is 0 Å². The summed E-state index contributed by atoms with van der Waals surface area (Å²) in [5.41, 5.74) is -0.359. The molecular formula is C11H11FN2O4. The van der Waals surface area contributed by atoms with Crippen molar-refractivity contribution in [3.8, 4) is 0 Å². The fraction of sp³-hybridized carbons (Fsp3) is 0.182. The Balaban J connectivity index is 2.69. The summed E-state index contributed by atoms with van der Waals surface area (Å²) >= 11 is 0. The topological polar surface area (TPSA) is 95.5 Å². The summed E-state index contributed by atoms with van der Waals surface area (Å²) in [5, 5.41) is 13.2. The van der Waals surface area contributed by atoms with Crippen LogP contribution in [-0.2, 0) is 9.59 Å². The summed E-state index contributed by atoms with van der Waals surface area (Å²) in [7, 11) is 0. The van der Waals surface area contributed by atoms with E-state index in [4.69, 9.17) is 5.11 Å². The van der Waals surface area contributed by atoms with Crippen molar-refractivity contribution in [2.24, 2.45) is 0 Å². The molecule has 0 unspecified atom stereocenters. The first-order chi connectivity index (χ1) is 8.40. The highest BCUT2D eigenvalue weighted by Crippen LogP contribution is 2.14. The number of carboxylic acid groups (broad SMARTS) is 1. The molecule has 0 aliphatic heterocycles. The number of hydrogen-bond donors (Lipinski definition) is 3. The number of nitrogens with one attached hydrogen (secondary N) is 2. The van der Waals surface area contributed by atoms with Crippen LogP contribution < -0.4 is 10.6 Å². The molecule has 0 heterocycles. The molecule has 1 aromatic carbocycles. The van der Waals surface area contributed by atoms with Gasteiger partial charge in [-0.3, -0.25) is 9.59 Å². The van der Waals surface area contributed by atoms with E-state index in [2.05, 4.69) is 10.6 Å². The predicted octanol–water partition coefficient (Wildman–Crippen LogP) is 0.598. The Hall–Kier alpha value is -2.44. The van der Waals surface area contributed by atoms with Crippen molar-refractivity contribution in [3.63, 3.8) is 0 Å². The van der Waals surface area contributed by atoms with Crippen molar-refractivity contribution < 1.29 is 23.9 Å². The molecular weight excluding hydrogens is 243 g/mol. The Morgan fingerprint density at radius 3 is 2.50 bits per heavy atom. The van der Waals surface area contributed by atoms with Gasteiger partial charge in [0.1, 0.15) is 5.82 Å². The van der Waals surface area contributed by atoms with Gasteiger partial charge in [0.15, 0.2) is 0 Å². The number of anilines is 1. The van der Waals surface area contributed by atoms with Gasteiger partial charge in [0.2, 0.25) is 11.8 Å². The van der Waals surface area contributed by atoms with E-state index < -0.39 is 23.3 Å². The van der Waals surface area contributed by atoms with Crippen LogP contribution in [0.1, 0.15) is 17.3 Å². The van der Waals surface area contributed by atoms with Gasteiger partial charge in [-0.05, 0) is 18.2 Å². The van der Waals surface area contributed by atoms with E-state index in [-0.39, 0.29) is 18.1 Å². The molecule has 0 spiro atoms. The quantitative estimate of drug-likeness (QED) is 0.733. The van der Waals surface area contributed by atoms with Crippen molar-refractivity contribution in [2.45, 2.75) is 6.92 Å². The van der Waals surface area contributed by atoms with Crippen LogP contribution in [0.3, 0.4) is 0 Å². The minimum atomic E-state index is -1.39. The number of carbonyl (C=O) groups is 3. The molecule has 6 nitrogen and oxygen atoms in total. The van der Waals surface area contributed by atoms with Crippen LogP contribution in [0.15, 0.2) is 18.2 Å². The number of carbonyl (C=O) groups excluding carboxylic acids is 2. The minimum absolute atomic E-state index is 0.118. The summed E-state index contributed by atoms with van der Waals surface area (Å²) in [5.74, 6) is -3.23. The van der Waals surface area contributed by atoms with Gasteiger partial charge < -0.3 is 15.7 Å². The number of hydrogen-bond acceptors (Lipinski definition) is 3. The average Bonchev–Trinajstić information content (AvgIpc) is 2.26. The maximum absolute atomic E-state index is 13.3. The third kappa shape index (κ3) is 3.85. The molecule has 0 aromatic heterocycles. The third-order valence-electron chi connectivity index (χ3n) is 1.98. The van der Waals surface area contributed by atoms with Gasteiger partial charge >= 0.3 is 5.97 Å². The number of rotatable bonds is 4. The molecule has 0 aliphatic rings. The minimum Gasteiger partial charge on any atom is -0.478 e. The zero-order chi connectivity index (χ0) is 13.7. The number of aromatic carboxylic acids is 1. The number of halogens is 1. The van der Waals surface area contributed by atoms with Crippen LogP contribution in [-0.4, -0.2) is 29.4 Å². The van der Waals surface area contributed by atoms with Crippen LogP contribution in [0, 0.1) is 5.82 Å². The Morgan fingerprint density at radius 1 is 1.33 bits per heavy atom. The van der Waals surface area contributed by atoms with E-state index in [9.17, 15) is 18.8 Å². The van der Waals surface area contributed by atoms with E-state index in [0.717, 1.165) is 12.1 Å². The van der Waals surface area contributed by atoms with Crippen molar-refractivity contribution >= 4 is 23.5 Å². The zero-order valence-electron chi connectivity index (χ0n) is 9.49. The molecule has 0 radical (unpaired) electrons. The van der Waals surface area contributed by atoms with E-state index >= 15 is 0 Å². The molecule has 1 aromatic rings. The number of carboxylic acids is 1. The third-order valence-corrected chi connectivity index (χ3v) is 1.98. The molecule has 0 saturated heterocycles. The molecule has 1 rings (SSSR count). The van der Waals surface area contributed by atoms with Gasteiger partial charge in [-0.15, -0.1) is 0 Å². The first-order valence-electron chi connectivity index (χ1n) is 4.97. The second kappa shape index (κ2) is 5.76. The van der Waals surface area contributed by atoms with E-state index in [1.165, 1.54) is 13.0 Å². The monoisotopic (exact) mass is 254 g/mol. The Morgan fingerprint density at radius 2 is 2.00 bits per heavy atom. The summed E-state index contributed by atoms with van der Waals surface area (Å²) < 4.78 is 13.3. The fourth-order valence-electron chi connectivity index (χ4n) is 1.18. The molecule has 7 heteroatoms. The Labute approximate surface area is 102 Å². The Kier molecular flexibility index (Phi) is 4.36. The van der Waals surface area contributed by atoms with Crippen LogP contribution >= 0.6 is 0 Å². The second-order valence-corrected chi connectivity index (χ2v) is 3.46. The predicted molar refractivity (Wildman–Crippen MR) is 60.7 cm³/mol.